The Balaban J connectivity index is 2.04. The number of phenolic OH excluding ortho intramolecular Hbond substituents is 1. The van der Waals surface area contributed by atoms with Gasteiger partial charge >= 0.3 is 0 Å². The molecular formula is C14H10ClFN2O2. The number of hydrazone groups is 1. The summed E-state index contributed by atoms with van der Waals surface area (Å²) in [5, 5.41) is 13.7. The maximum atomic E-state index is 12.7. The summed E-state index contributed by atoms with van der Waals surface area (Å²) in [6, 6.07) is 9.51. The minimum atomic E-state index is -0.484. The summed E-state index contributed by atoms with van der Waals surface area (Å²) in [5.41, 5.74) is 2.92. The van der Waals surface area contributed by atoms with Crippen LogP contribution in [0.25, 0.3) is 0 Å². The van der Waals surface area contributed by atoms with E-state index in [-0.39, 0.29) is 11.3 Å². The number of aromatic hydroxyl groups is 1. The van der Waals surface area contributed by atoms with Gasteiger partial charge in [0, 0.05) is 16.1 Å². The fourth-order valence-corrected chi connectivity index (χ4v) is 1.64. The van der Waals surface area contributed by atoms with Gasteiger partial charge in [-0.05, 0) is 42.5 Å². The minimum Gasteiger partial charge on any atom is -0.507 e. The molecule has 0 saturated carbocycles. The van der Waals surface area contributed by atoms with Crippen molar-refractivity contribution in [1.82, 2.24) is 5.43 Å². The second kappa shape index (κ2) is 6.16. The lowest BCUT2D eigenvalue weighted by Crippen LogP contribution is -2.17. The molecule has 0 aliphatic rings. The number of benzene rings is 2. The summed E-state index contributed by atoms with van der Waals surface area (Å²) in [7, 11) is 0. The van der Waals surface area contributed by atoms with Gasteiger partial charge in [0.25, 0.3) is 5.91 Å². The minimum absolute atomic E-state index is 0.00539. The number of nitrogens with one attached hydrogen (secondary N) is 1. The Kier molecular flexibility index (Phi) is 4.32. The highest BCUT2D eigenvalue weighted by Crippen LogP contribution is 2.19. The Labute approximate surface area is 119 Å². The Morgan fingerprint density at radius 2 is 1.95 bits per heavy atom. The number of rotatable bonds is 3. The van der Waals surface area contributed by atoms with E-state index in [1.807, 2.05) is 0 Å². The van der Waals surface area contributed by atoms with Crippen LogP contribution in [-0.2, 0) is 0 Å². The van der Waals surface area contributed by atoms with Crippen molar-refractivity contribution in [3.05, 3.63) is 64.4 Å². The molecule has 0 unspecified atom stereocenters. The van der Waals surface area contributed by atoms with Gasteiger partial charge < -0.3 is 5.11 Å². The smallest absolute Gasteiger partial charge is 0.271 e. The summed E-state index contributed by atoms with van der Waals surface area (Å²) in [4.78, 5) is 11.7. The molecule has 2 aromatic carbocycles. The van der Waals surface area contributed by atoms with Gasteiger partial charge in [-0.2, -0.15) is 5.10 Å². The highest BCUT2D eigenvalue weighted by molar-refractivity contribution is 6.30. The number of phenols is 1. The molecule has 0 aromatic heterocycles. The van der Waals surface area contributed by atoms with Gasteiger partial charge in [-0.15, -0.1) is 0 Å². The van der Waals surface area contributed by atoms with Crippen LogP contribution >= 0.6 is 11.6 Å². The number of hydrogen-bond donors (Lipinski definition) is 2. The number of nitrogens with zero attached hydrogens (tertiary/aromatic N) is 1. The normalized spacial score (nSPS) is 10.7. The summed E-state index contributed by atoms with van der Waals surface area (Å²) in [6.07, 6.45) is 1.27. The maximum absolute atomic E-state index is 12.7. The topological polar surface area (TPSA) is 61.7 Å². The molecule has 2 N–H and O–H groups in total. The van der Waals surface area contributed by atoms with Crippen molar-refractivity contribution in [1.29, 1.82) is 0 Å². The standard InChI is InChI=1S/C14H10ClFN2O2/c15-11-3-6-13(19)10(7-11)8-17-18-14(20)9-1-4-12(16)5-2-9/h1-8,19H,(H,18,20)/b17-8+. The van der Waals surface area contributed by atoms with Gasteiger partial charge in [-0.25, -0.2) is 9.82 Å². The first-order chi connectivity index (χ1) is 9.56. The summed E-state index contributed by atoms with van der Waals surface area (Å²) < 4.78 is 12.7. The molecule has 0 fully saturated rings. The lowest BCUT2D eigenvalue weighted by molar-refractivity contribution is 0.0955. The zero-order valence-corrected chi connectivity index (χ0v) is 10.9. The zero-order valence-electron chi connectivity index (χ0n) is 10.2. The second-order valence-corrected chi connectivity index (χ2v) is 4.35. The maximum Gasteiger partial charge on any atom is 0.271 e. The van der Waals surface area contributed by atoms with Crippen molar-refractivity contribution in [3.8, 4) is 5.75 Å². The highest BCUT2D eigenvalue weighted by atomic mass is 35.5. The Morgan fingerprint density at radius 1 is 1.25 bits per heavy atom. The van der Waals surface area contributed by atoms with Crippen molar-refractivity contribution in [2.24, 2.45) is 5.10 Å². The molecule has 0 atom stereocenters. The van der Waals surface area contributed by atoms with Crippen molar-refractivity contribution < 1.29 is 14.3 Å². The number of hydrogen-bond acceptors (Lipinski definition) is 3. The lowest BCUT2D eigenvalue weighted by Gasteiger charge is -2.01. The van der Waals surface area contributed by atoms with Crippen LogP contribution in [-0.4, -0.2) is 17.2 Å². The van der Waals surface area contributed by atoms with Gasteiger partial charge in [0.1, 0.15) is 11.6 Å². The quantitative estimate of drug-likeness (QED) is 0.675. The summed E-state index contributed by atoms with van der Waals surface area (Å²) in [6.45, 7) is 0. The SMILES string of the molecule is O=C(N/N=C/c1cc(Cl)ccc1O)c1ccc(F)cc1. The van der Waals surface area contributed by atoms with Gasteiger partial charge in [0.2, 0.25) is 0 Å². The van der Waals surface area contributed by atoms with Crippen LogP contribution in [0.1, 0.15) is 15.9 Å². The first-order valence-corrected chi connectivity index (χ1v) is 6.01. The molecule has 1 amide bonds. The van der Waals surface area contributed by atoms with Crippen molar-refractivity contribution in [3.63, 3.8) is 0 Å². The van der Waals surface area contributed by atoms with E-state index in [1.165, 1.54) is 48.7 Å². The molecule has 102 valence electrons. The molecular weight excluding hydrogens is 283 g/mol. The van der Waals surface area contributed by atoms with E-state index in [0.29, 0.717) is 10.6 Å². The van der Waals surface area contributed by atoms with E-state index in [9.17, 15) is 14.3 Å². The number of halogens is 2. The molecule has 4 nitrogen and oxygen atoms in total. The van der Waals surface area contributed by atoms with E-state index in [4.69, 9.17) is 11.6 Å². The highest BCUT2D eigenvalue weighted by Gasteiger charge is 2.04. The van der Waals surface area contributed by atoms with Crippen LogP contribution in [0.2, 0.25) is 5.02 Å². The molecule has 2 rings (SSSR count). The fourth-order valence-electron chi connectivity index (χ4n) is 1.46. The molecule has 0 saturated heterocycles. The Bertz CT molecular complexity index is 657. The molecule has 0 heterocycles. The van der Waals surface area contributed by atoms with Crippen molar-refractivity contribution >= 4 is 23.7 Å². The third kappa shape index (κ3) is 3.55. The van der Waals surface area contributed by atoms with E-state index in [0.717, 1.165) is 0 Å². The third-order valence-electron chi connectivity index (χ3n) is 2.47. The van der Waals surface area contributed by atoms with Crippen LogP contribution < -0.4 is 5.43 Å². The predicted octanol–water partition coefficient (Wildman–Crippen LogP) is 2.95. The van der Waals surface area contributed by atoms with E-state index >= 15 is 0 Å². The lowest BCUT2D eigenvalue weighted by atomic mass is 10.2. The monoisotopic (exact) mass is 292 g/mol. The van der Waals surface area contributed by atoms with Crippen LogP contribution in [0.4, 0.5) is 4.39 Å². The number of amides is 1. The summed E-state index contributed by atoms with van der Waals surface area (Å²) >= 11 is 5.77. The van der Waals surface area contributed by atoms with Crippen molar-refractivity contribution in [2.45, 2.75) is 0 Å². The fraction of sp³-hybridized carbons (Fsp3) is 0. The second-order valence-electron chi connectivity index (χ2n) is 3.91. The first kappa shape index (κ1) is 14.0. The number of carbonyl (C=O) groups excluding carboxylic acids is 1. The zero-order chi connectivity index (χ0) is 14.5. The van der Waals surface area contributed by atoms with Crippen LogP contribution in [0, 0.1) is 5.82 Å². The average molecular weight is 293 g/mol. The third-order valence-corrected chi connectivity index (χ3v) is 2.70. The number of carbonyl (C=O) groups is 1. The van der Waals surface area contributed by atoms with Gasteiger partial charge in [-0.3, -0.25) is 4.79 Å². The van der Waals surface area contributed by atoms with Crippen LogP contribution in [0.5, 0.6) is 5.75 Å². The predicted molar refractivity (Wildman–Crippen MR) is 74.6 cm³/mol. The van der Waals surface area contributed by atoms with Gasteiger partial charge in [0.05, 0.1) is 6.21 Å². The molecule has 0 aliphatic carbocycles. The van der Waals surface area contributed by atoms with Crippen LogP contribution in [0.3, 0.4) is 0 Å². The molecule has 6 heteroatoms. The van der Waals surface area contributed by atoms with E-state index in [1.54, 1.807) is 0 Å². The average Bonchev–Trinajstić information content (AvgIpc) is 2.43. The molecule has 0 aliphatic heterocycles. The van der Waals surface area contributed by atoms with Gasteiger partial charge in [-0.1, -0.05) is 11.6 Å². The van der Waals surface area contributed by atoms with E-state index in [2.05, 4.69) is 10.5 Å². The first-order valence-electron chi connectivity index (χ1n) is 5.64. The Morgan fingerprint density at radius 3 is 2.65 bits per heavy atom. The Hall–Kier alpha value is -2.40. The molecule has 2 aromatic rings. The van der Waals surface area contributed by atoms with Crippen molar-refractivity contribution in [2.75, 3.05) is 0 Å². The molecule has 0 spiro atoms. The molecule has 0 bridgehead atoms. The summed E-state index contributed by atoms with van der Waals surface area (Å²) in [5.74, 6) is -0.911. The van der Waals surface area contributed by atoms with E-state index < -0.39 is 11.7 Å². The largest absolute Gasteiger partial charge is 0.507 e. The molecule has 20 heavy (non-hydrogen) atoms. The van der Waals surface area contributed by atoms with Crippen LogP contribution in [0.15, 0.2) is 47.6 Å². The van der Waals surface area contributed by atoms with Gasteiger partial charge in [0.15, 0.2) is 0 Å². The molecule has 0 radical (unpaired) electrons.